The normalized spacial score (nSPS) is 12.1. The number of nitrogens with zero attached hydrogens (tertiary/aromatic N) is 1. The van der Waals surface area contributed by atoms with E-state index in [4.69, 9.17) is 10.5 Å². The number of carbonyl (C=O) groups excluding carboxylic acids is 1. The number of aromatic nitrogens is 1. The van der Waals surface area contributed by atoms with Gasteiger partial charge in [-0.1, -0.05) is 6.92 Å². The van der Waals surface area contributed by atoms with Crippen molar-refractivity contribution in [3.63, 3.8) is 0 Å². The smallest absolute Gasteiger partial charge is 0.242 e. The molecular formula is C14H24N4O2. The molecule has 1 heterocycles. The molecule has 0 aliphatic carbocycles. The molecule has 1 amide bonds. The molecule has 0 aliphatic heterocycles. The lowest BCUT2D eigenvalue weighted by atomic mass is 10.3. The molecule has 0 radical (unpaired) electrons. The number of ether oxygens (including phenoxy) is 1. The number of anilines is 2. The van der Waals surface area contributed by atoms with Gasteiger partial charge in [0.15, 0.2) is 0 Å². The third-order valence-electron chi connectivity index (χ3n) is 2.54. The summed E-state index contributed by atoms with van der Waals surface area (Å²) in [5.41, 5.74) is 6.28. The van der Waals surface area contributed by atoms with Crippen LogP contribution in [0.4, 0.5) is 11.5 Å². The maximum absolute atomic E-state index is 11.8. The molecule has 4 N–H and O–H groups in total. The summed E-state index contributed by atoms with van der Waals surface area (Å²) in [7, 11) is 0. The van der Waals surface area contributed by atoms with Crippen LogP contribution in [0.5, 0.6) is 5.88 Å². The summed E-state index contributed by atoms with van der Waals surface area (Å²) in [5.74, 6) is 0.886. The monoisotopic (exact) mass is 280 g/mol. The molecule has 0 saturated heterocycles. The van der Waals surface area contributed by atoms with Crippen molar-refractivity contribution in [3.8, 4) is 5.88 Å². The molecule has 20 heavy (non-hydrogen) atoms. The SMILES string of the molecule is CCCNC(=O)C(C)Nc1ccc(N)c(OC(C)C)n1. The predicted molar refractivity (Wildman–Crippen MR) is 80.8 cm³/mol. The van der Waals surface area contributed by atoms with E-state index in [1.807, 2.05) is 20.8 Å². The van der Waals surface area contributed by atoms with Crippen LogP contribution in [0, 0.1) is 0 Å². The Bertz CT molecular complexity index is 449. The number of carbonyl (C=O) groups is 1. The number of nitrogens with two attached hydrogens (primary N) is 1. The lowest BCUT2D eigenvalue weighted by Crippen LogP contribution is -2.38. The van der Waals surface area contributed by atoms with E-state index in [2.05, 4.69) is 15.6 Å². The lowest BCUT2D eigenvalue weighted by Gasteiger charge is -2.16. The van der Waals surface area contributed by atoms with Crippen molar-refractivity contribution in [2.24, 2.45) is 0 Å². The van der Waals surface area contributed by atoms with E-state index in [0.29, 0.717) is 23.9 Å². The number of rotatable bonds is 7. The van der Waals surface area contributed by atoms with E-state index in [1.165, 1.54) is 0 Å². The molecule has 112 valence electrons. The summed E-state index contributed by atoms with van der Waals surface area (Å²) in [6.45, 7) is 8.27. The third-order valence-corrected chi connectivity index (χ3v) is 2.54. The van der Waals surface area contributed by atoms with Crippen LogP contribution >= 0.6 is 0 Å². The van der Waals surface area contributed by atoms with Gasteiger partial charge in [-0.2, -0.15) is 4.98 Å². The molecule has 6 heteroatoms. The van der Waals surface area contributed by atoms with Gasteiger partial charge in [-0.15, -0.1) is 0 Å². The highest BCUT2D eigenvalue weighted by Gasteiger charge is 2.13. The number of hydrogen-bond donors (Lipinski definition) is 3. The summed E-state index contributed by atoms with van der Waals surface area (Å²) >= 11 is 0. The fourth-order valence-corrected chi connectivity index (χ4v) is 1.54. The highest BCUT2D eigenvalue weighted by molar-refractivity contribution is 5.83. The number of hydrogen-bond acceptors (Lipinski definition) is 5. The van der Waals surface area contributed by atoms with E-state index in [1.54, 1.807) is 19.1 Å². The molecular weight excluding hydrogens is 256 g/mol. The van der Waals surface area contributed by atoms with Crippen molar-refractivity contribution in [2.75, 3.05) is 17.6 Å². The zero-order chi connectivity index (χ0) is 15.1. The fourth-order valence-electron chi connectivity index (χ4n) is 1.54. The second kappa shape index (κ2) is 7.57. The van der Waals surface area contributed by atoms with Crippen LogP contribution in [0.15, 0.2) is 12.1 Å². The highest BCUT2D eigenvalue weighted by Crippen LogP contribution is 2.22. The Morgan fingerprint density at radius 1 is 1.40 bits per heavy atom. The van der Waals surface area contributed by atoms with Crippen LogP contribution in [-0.4, -0.2) is 29.6 Å². The van der Waals surface area contributed by atoms with E-state index in [-0.39, 0.29) is 18.1 Å². The van der Waals surface area contributed by atoms with Gasteiger partial charge < -0.3 is 21.1 Å². The molecule has 0 bridgehead atoms. The second-order valence-corrected chi connectivity index (χ2v) is 4.91. The molecule has 0 fully saturated rings. The minimum atomic E-state index is -0.371. The standard InChI is InChI=1S/C14H24N4O2/c1-5-8-16-13(19)10(4)17-12-7-6-11(15)14(18-12)20-9(2)3/h6-7,9-10H,5,8,15H2,1-4H3,(H,16,19)(H,17,18). The fraction of sp³-hybridized carbons (Fsp3) is 0.571. The lowest BCUT2D eigenvalue weighted by molar-refractivity contribution is -0.121. The summed E-state index contributed by atoms with van der Waals surface area (Å²) in [6.07, 6.45) is 0.899. The Hall–Kier alpha value is -1.98. The molecule has 1 rings (SSSR count). The Balaban J connectivity index is 2.70. The van der Waals surface area contributed by atoms with E-state index in [9.17, 15) is 4.79 Å². The molecule has 6 nitrogen and oxygen atoms in total. The Morgan fingerprint density at radius 3 is 2.70 bits per heavy atom. The Labute approximate surface area is 120 Å². The van der Waals surface area contributed by atoms with Gasteiger partial charge in [0.2, 0.25) is 11.8 Å². The number of pyridine rings is 1. The molecule has 1 aromatic heterocycles. The van der Waals surface area contributed by atoms with Crippen LogP contribution in [0.1, 0.15) is 34.1 Å². The third kappa shape index (κ3) is 4.95. The maximum Gasteiger partial charge on any atom is 0.242 e. The van der Waals surface area contributed by atoms with Crippen LogP contribution < -0.4 is 21.1 Å². The largest absolute Gasteiger partial charge is 0.473 e. The van der Waals surface area contributed by atoms with Gasteiger partial charge in [0.1, 0.15) is 11.9 Å². The molecule has 1 aromatic rings. The van der Waals surface area contributed by atoms with Gasteiger partial charge in [-0.25, -0.2) is 0 Å². The minimum absolute atomic E-state index is 0.00896. The summed E-state index contributed by atoms with van der Waals surface area (Å²) in [5, 5.41) is 5.86. The molecule has 0 saturated carbocycles. The van der Waals surface area contributed by atoms with Crippen molar-refractivity contribution in [1.82, 2.24) is 10.3 Å². The second-order valence-electron chi connectivity index (χ2n) is 4.91. The molecule has 0 aliphatic rings. The van der Waals surface area contributed by atoms with Crippen molar-refractivity contribution < 1.29 is 9.53 Å². The van der Waals surface area contributed by atoms with Crippen molar-refractivity contribution >= 4 is 17.4 Å². The Morgan fingerprint density at radius 2 is 2.10 bits per heavy atom. The number of amides is 1. The van der Waals surface area contributed by atoms with Gasteiger partial charge in [0.05, 0.1) is 11.8 Å². The zero-order valence-corrected chi connectivity index (χ0v) is 12.6. The molecule has 0 aromatic carbocycles. The quantitative estimate of drug-likeness (QED) is 0.708. The van der Waals surface area contributed by atoms with E-state index >= 15 is 0 Å². The predicted octanol–water partition coefficient (Wildman–Crippen LogP) is 1.78. The number of nitrogen functional groups attached to an aromatic ring is 1. The first-order chi connectivity index (χ1) is 9.43. The molecule has 0 spiro atoms. The van der Waals surface area contributed by atoms with Gasteiger partial charge in [-0.3, -0.25) is 4.79 Å². The van der Waals surface area contributed by atoms with Crippen LogP contribution in [-0.2, 0) is 4.79 Å². The van der Waals surface area contributed by atoms with Crippen molar-refractivity contribution in [3.05, 3.63) is 12.1 Å². The minimum Gasteiger partial charge on any atom is -0.473 e. The molecule has 1 atom stereocenters. The van der Waals surface area contributed by atoms with Crippen molar-refractivity contribution in [2.45, 2.75) is 46.3 Å². The summed E-state index contributed by atoms with van der Waals surface area (Å²) in [6, 6.07) is 3.07. The highest BCUT2D eigenvalue weighted by atomic mass is 16.5. The van der Waals surface area contributed by atoms with Crippen LogP contribution in [0.25, 0.3) is 0 Å². The maximum atomic E-state index is 11.8. The van der Waals surface area contributed by atoms with Gasteiger partial charge in [-0.05, 0) is 39.3 Å². The average molecular weight is 280 g/mol. The Kier molecular flexibility index (Phi) is 6.09. The summed E-state index contributed by atoms with van der Waals surface area (Å²) in [4.78, 5) is 16.1. The van der Waals surface area contributed by atoms with Gasteiger partial charge in [0, 0.05) is 6.54 Å². The summed E-state index contributed by atoms with van der Waals surface area (Å²) < 4.78 is 5.52. The van der Waals surface area contributed by atoms with Crippen molar-refractivity contribution in [1.29, 1.82) is 0 Å². The van der Waals surface area contributed by atoms with E-state index < -0.39 is 0 Å². The first kappa shape index (κ1) is 16.1. The van der Waals surface area contributed by atoms with Crippen LogP contribution in [0.3, 0.4) is 0 Å². The molecule has 1 unspecified atom stereocenters. The number of nitrogens with one attached hydrogen (secondary N) is 2. The van der Waals surface area contributed by atoms with Crippen LogP contribution in [0.2, 0.25) is 0 Å². The average Bonchev–Trinajstić information content (AvgIpc) is 2.39. The van der Waals surface area contributed by atoms with Gasteiger partial charge >= 0.3 is 0 Å². The first-order valence-corrected chi connectivity index (χ1v) is 6.91. The van der Waals surface area contributed by atoms with Gasteiger partial charge in [0.25, 0.3) is 0 Å². The van der Waals surface area contributed by atoms with E-state index in [0.717, 1.165) is 6.42 Å². The zero-order valence-electron chi connectivity index (χ0n) is 12.6. The first-order valence-electron chi connectivity index (χ1n) is 6.91. The topological polar surface area (TPSA) is 89.3 Å².